The third-order valence-electron chi connectivity index (χ3n) is 4.84. The molecule has 0 aliphatic rings. The van der Waals surface area contributed by atoms with E-state index in [-0.39, 0.29) is 16.4 Å². The fraction of sp³-hybridized carbons (Fsp3) is 0.0870. The number of sulfonamides is 1. The number of anilines is 1. The predicted molar refractivity (Wildman–Crippen MR) is 123 cm³/mol. The van der Waals surface area contributed by atoms with Crippen molar-refractivity contribution in [1.29, 1.82) is 0 Å². The van der Waals surface area contributed by atoms with Gasteiger partial charge in [0.05, 0.1) is 10.6 Å². The number of nitrogens with one attached hydrogen (secondary N) is 3. The molecule has 0 aliphatic carbocycles. The molecule has 1 heterocycles. The van der Waals surface area contributed by atoms with Crippen molar-refractivity contribution in [3.05, 3.63) is 95.1 Å². The Kier molecular flexibility index (Phi) is 5.97. The van der Waals surface area contributed by atoms with E-state index in [4.69, 9.17) is 11.6 Å². The van der Waals surface area contributed by atoms with E-state index in [1.807, 2.05) is 30.5 Å². The van der Waals surface area contributed by atoms with E-state index >= 15 is 0 Å². The van der Waals surface area contributed by atoms with E-state index in [0.717, 1.165) is 16.5 Å². The summed E-state index contributed by atoms with van der Waals surface area (Å²) in [4.78, 5) is 15.8. The molecule has 1 aromatic heterocycles. The van der Waals surface area contributed by atoms with Crippen LogP contribution in [0, 0.1) is 0 Å². The van der Waals surface area contributed by atoms with Crippen molar-refractivity contribution in [2.45, 2.75) is 11.3 Å². The van der Waals surface area contributed by atoms with Crippen molar-refractivity contribution in [2.24, 2.45) is 0 Å². The van der Waals surface area contributed by atoms with Crippen LogP contribution in [0.15, 0.2) is 83.9 Å². The molecule has 1 amide bonds. The number of amides is 1. The maximum absolute atomic E-state index is 12.7. The first-order valence-electron chi connectivity index (χ1n) is 9.64. The number of aromatic nitrogens is 1. The van der Waals surface area contributed by atoms with Gasteiger partial charge in [-0.1, -0.05) is 41.9 Å². The second kappa shape index (κ2) is 8.83. The third-order valence-corrected chi connectivity index (χ3v) is 6.45. The first-order chi connectivity index (χ1) is 14.9. The third kappa shape index (κ3) is 4.90. The fourth-order valence-electron chi connectivity index (χ4n) is 3.32. The van der Waals surface area contributed by atoms with Gasteiger partial charge in [-0.3, -0.25) is 9.52 Å². The summed E-state index contributed by atoms with van der Waals surface area (Å²) < 4.78 is 27.9. The van der Waals surface area contributed by atoms with Crippen LogP contribution in [0.5, 0.6) is 0 Å². The van der Waals surface area contributed by atoms with Crippen LogP contribution in [0.25, 0.3) is 10.9 Å². The summed E-state index contributed by atoms with van der Waals surface area (Å²) in [6.07, 6.45) is 2.59. The summed E-state index contributed by atoms with van der Waals surface area (Å²) in [5.41, 5.74) is 2.78. The molecule has 158 valence electrons. The second-order valence-electron chi connectivity index (χ2n) is 7.01. The van der Waals surface area contributed by atoms with Crippen LogP contribution >= 0.6 is 11.6 Å². The quantitative estimate of drug-likeness (QED) is 0.382. The van der Waals surface area contributed by atoms with Crippen LogP contribution in [0.2, 0.25) is 5.02 Å². The molecule has 0 spiro atoms. The largest absolute Gasteiger partial charge is 0.361 e. The zero-order chi connectivity index (χ0) is 21.8. The van der Waals surface area contributed by atoms with Crippen LogP contribution in [-0.2, 0) is 16.4 Å². The lowest BCUT2D eigenvalue weighted by atomic mass is 10.1. The maximum Gasteiger partial charge on any atom is 0.261 e. The number of carbonyl (C=O) groups is 1. The molecule has 8 heteroatoms. The Morgan fingerprint density at radius 1 is 0.968 bits per heavy atom. The van der Waals surface area contributed by atoms with Crippen molar-refractivity contribution < 1.29 is 13.2 Å². The predicted octanol–water partition coefficient (Wildman–Crippen LogP) is 4.59. The standard InChI is InChI=1S/C23H20ClN3O3S/c24-18-6-4-7-19(14-18)27-31(29,30)20-8-3-5-16(13-20)23(28)25-12-11-17-15-26-22-10-2-1-9-21(17)22/h1-10,13-15,26-27H,11-12H2,(H,25,28). The minimum atomic E-state index is -3.86. The van der Waals surface area contributed by atoms with Crippen LogP contribution < -0.4 is 10.0 Å². The topological polar surface area (TPSA) is 91.1 Å². The lowest BCUT2D eigenvalue weighted by Gasteiger charge is -2.10. The van der Waals surface area contributed by atoms with Crippen LogP contribution in [0.1, 0.15) is 15.9 Å². The molecule has 0 saturated carbocycles. The SMILES string of the molecule is O=C(NCCc1c[nH]c2ccccc12)c1cccc(S(=O)(=O)Nc2cccc(Cl)c2)c1. The Bertz CT molecular complexity index is 1350. The molecule has 0 aliphatic heterocycles. The molecule has 0 atom stereocenters. The van der Waals surface area contributed by atoms with E-state index in [1.54, 1.807) is 30.3 Å². The summed E-state index contributed by atoms with van der Waals surface area (Å²) in [6, 6.07) is 20.3. The molecular weight excluding hydrogens is 434 g/mol. The molecule has 0 unspecified atom stereocenters. The molecule has 31 heavy (non-hydrogen) atoms. The van der Waals surface area contributed by atoms with Crippen LogP contribution in [0.3, 0.4) is 0 Å². The number of hydrogen-bond acceptors (Lipinski definition) is 3. The number of fused-ring (bicyclic) bond motifs is 1. The van der Waals surface area contributed by atoms with E-state index in [0.29, 0.717) is 23.7 Å². The van der Waals surface area contributed by atoms with Crippen molar-refractivity contribution in [3.63, 3.8) is 0 Å². The lowest BCUT2D eigenvalue weighted by Crippen LogP contribution is -2.26. The molecule has 6 nitrogen and oxygen atoms in total. The lowest BCUT2D eigenvalue weighted by molar-refractivity contribution is 0.0954. The van der Waals surface area contributed by atoms with Gasteiger partial charge >= 0.3 is 0 Å². The van der Waals surface area contributed by atoms with Crippen molar-refractivity contribution >= 4 is 44.1 Å². The Morgan fingerprint density at radius 2 is 1.77 bits per heavy atom. The van der Waals surface area contributed by atoms with Gasteiger partial charge in [-0.25, -0.2) is 8.42 Å². The van der Waals surface area contributed by atoms with E-state index in [2.05, 4.69) is 15.0 Å². The van der Waals surface area contributed by atoms with Crippen LogP contribution in [-0.4, -0.2) is 25.9 Å². The molecule has 4 rings (SSSR count). The van der Waals surface area contributed by atoms with Gasteiger partial charge in [0.15, 0.2) is 0 Å². The normalized spacial score (nSPS) is 11.4. The van der Waals surface area contributed by atoms with E-state index in [9.17, 15) is 13.2 Å². The first-order valence-corrected chi connectivity index (χ1v) is 11.5. The molecule has 0 saturated heterocycles. The molecule has 3 N–H and O–H groups in total. The zero-order valence-electron chi connectivity index (χ0n) is 16.4. The Morgan fingerprint density at radius 3 is 2.61 bits per heavy atom. The number of rotatable bonds is 7. The number of aromatic amines is 1. The first kappa shape index (κ1) is 21.0. The summed E-state index contributed by atoms with van der Waals surface area (Å²) >= 11 is 5.91. The van der Waals surface area contributed by atoms with Gasteiger partial charge in [0, 0.05) is 34.2 Å². The summed E-state index contributed by atoms with van der Waals surface area (Å²) in [7, 11) is -3.86. The van der Waals surface area contributed by atoms with Gasteiger partial charge in [-0.05, 0) is 54.4 Å². The Labute approximate surface area is 185 Å². The highest BCUT2D eigenvalue weighted by Gasteiger charge is 2.17. The zero-order valence-corrected chi connectivity index (χ0v) is 18.0. The second-order valence-corrected chi connectivity index (χ2v) is 9.13. The van der Waals surface area contributed by atoms with Gasteiger partial charge < -0.3 is 10.3 Å². The molecule has 0 radical (unpaired) electrons. The molecular formula is C23H20ClN3O3S. The summed E-state index contributed by atoms with van der Waals surface area (Å²) in [6.45, 7) is 0.429. The number of carbonyl (C=O) groups excluding carboxylic acids is 1. The van der Waals surface area contributed by atoms with Gasteiger partial charge in [0.25, 0.3) is 15.9 Å². The highest BCUT2D eigenvalue weighted by Crippen LogP contribution is 2.20. The van der Waals surface area contributed by atoms with Gasteiger partial charge in [0.1, 0.15) is 0 Å². The molecule has 3 aromatic carbocycles. The fourth-order valence-corrected chi connectivity index (χ4v) is 4.61. The van der Waals surface area contributed by atoms with Crippen molar-refractivity contribution in [3.8, 4) is 0 Å². The Hall–Kier alpha value is -3.29. The minimum Gasteiger partial charge on any atom is -0.361 e. The van der Waals surface area contributed by atoms with Crippen LogP contribution in [0.4, 0.5) is 5.69 Å². The molecule has 0 bridgehead atoms. The number of hydrogen-bond donors (Lipinski definition) is 3. The molecule has 4 aromatic rings. The number of halogens is 1. The Balaban J connectivity index is 1.43. The number of benzene rings is 3. The molecule has 0 fully saturated rings. The summed E-state index contributed by atoms with van der Waals surface area (Å²) in [5.74, 6) is -0.334. The number of para-hydroxylation sites is 1. The highest BCUT2D eigenvalue weighted by atomic mass is 35.5. The maximum atomic E-state index is 12.7. The summed E-state index contributed by atoms with van der Waals surface area (Å²) in [5, 5.41) is 4.39. The average Bonchev–Trinajstić information content (AvgIpc) is 3.17. The highest BCUT2D eigenvalue weighted by molar-refractivity contribution is 7.92. The monoisotopic (exact) mass is 453 g/mol. The smallest absolute Gasteiger partial charge is 0.261 e. The van der Waals surface area contributed by atoms with E-state index in [1.165, 1.54) is 18.2 Å². The number of H-pyrrole nitrogens is 1. The van der Waals surface area contributed by atoms with Crippen molar-refractivity contribution in [2.75, 3.05) is 11.3 Å². The average molecular weight is 454 g/mol. The van der Waals surface area contributed by atoms with Crippen molar-refractivity contribution in [1.82, 2.24) is 10.3 Å². The van der Waals surface area contributed by atoms with Gasteiger partial charge in [0.2, 0.25) is 0 Å². The minimum absolute atomic E-state index is 0.00301. The van der Waals surface area contributed by atoms with E-state index < -0.39 is 10.0 Å². The van der Waals surface area contributed by atoms with Gasteiger partial charge in [-0.2, -0.15) is 0 Å². The van der Waals surface area contributed by atoms with Gasteiger partial charge in [-0.15, -0.1) is 0 Å².